The van der Waals surface area contributed by atoms with Gasteiger partial charge in [0.1, 0.15) is 18.1 Å². The summed E-state index contributed by atoms with van der Waals surface area (Å²) in [6, 6.07) is 21.7. The summed E-state index contributed by atoms with van der Waals surface area (Å²) in [5.74, 6) is 0.848. The van der Waals surface area contributed by atoms with E-state index in [4.69, 9.17) is 14.2 Å². The lowest BCUT2D eigenvalue weighted by Gasteiger charge is -2.21. The Morgan fingerprint density at radius 3 is 2.19 bits per heavy atom. The minimum atomic E-state index is -0.450. The van der Waals surface area contributed by atoms with Gasteiger partial charge in [0.15, 0.2) is 18.2 Å². The standard InChI is InChI=1S/C25H26FNO4/c1-3-27(16-20-9-14-24(29-2)23(26)15-20)25(28)18-31-22-12-10-21(11-13-22)30-17-19-7-5-4-6-8-19/h4-15H,3,16-18H2,1-2H3. The Hall–Kier alpha value is -3.54. The highest BCUT2D eigenvalue weighted by Gasteiger charge is 2.14. The number of amides is 1. The van der Waals surface area contributed by atoms with Gasteiger partial charge >= 0.3 is 0 Å². The van der Waals surface area contributed by atoms with Crippen LogP contribution in [0, 0.1) is 5.82 Å². The maximum atomic E-state index is 13.9. The summed E-state index contributed by atoms with van der Waals surface area (Å²) in [6.45, 7) is 3.04. The molecule has 3 aromatic carbocycles. The molecule has 0 atom stereocenters. The number of carbonyl (C=O) groups is 1. The van der Waals surface area contributed by atoms with Crippen LogP contribution in [0.25, 0.3) is 0 Å². The largest absolute Gasteiger partial charge is 0.494 e. The molecule has 6 heteroatoms. The number of carbonyl (C=O) groups excluding carboxylic acids is 1. The van der Waals surface area contributed by atoms with Gasteiger partial charge in [0.05, 0.1) is 7.11 Å². The Morgan fingerprint density at radius 1 is 0.903 bits per heavy atom. The van der Waals surface area contributed by atoms with Crippen molar-refractivity contribution >= 4 is 5.91 Å². The molecule has 0 aliphatic carbocycles. The quantitative estimate of drug-likeness (QED) is 0.468. The summed E-state index contributed by atoms with van der Waals surface area (Å²) >= 11 is 0. The molecular formula is C25H26FNO4. The number of hydrogen-bond donors (Lipinski definition) is 0. The summed E-state index contributed by atoms with van der Waals surface area (Å²) in [5.41, 5.74) is 1.78. The van der Waals surface area contributed by atoms with Crippen LogP contribution in [-0.2, 0) is 17.9 Å². The summed E-state index contributed by atoms with van der Waals surface area (Å²) in [7, 11) is 1.42. The van der Waals surface area contributed by atoms with E-state index in [1.807, 2.05) is 37.3 Å². The molecule has 0 saturated heterocycles. The smallest absolute Gasteiger partial charge is 0.260 e. The van der Waals surface area contributed by atoms with Gasteiger partial charge in [-0.2, -0.15) is 0 Å². The van der Waals surface area contributed by atoms with Crippen LogP contribution in [-0.4, -0.2) is 31.1 Å². The van der Waals surface area contributed by atoms with Gasteiger partial charge in [0.25, 0.3) is 5.91 Å². The Bertz CT molecular complexity index is 977. The first kappa shape index (κ1) is 22.2. The van der Waals surface area contributed by atoms with E-state index in [1.54, 1.807) is 41.3 Å². The van der Waals surface area contributed by atoms with Crippen molar-refractivity contribution < 1.29 is 23.4 Å². The minimum absolute atomic E-state index is 0.101. The highest BCUT2D eigenvalue weighted by molar-refractivity contribution is 5.77. The number of hydrogen-bond acceptors (Lipinski definition) is 4. The molecule has 0 heterocycles. The van der Waals surface area contributed by atoms with Gasteiger partial charge in [-0.25, -0.2) is 4.39 Å². The van der Waals surface area contributed by atoms with Crippen LogP contribution in [0.3, 0.4) is 0 Å². The predicted molar refractivity (Wildman–Crippen MR) is 117 cm³/mol. The molecule has 1 amide bonds. The number of benzene rings is 3. The van der Waals surface area contributed by atoms with Crippen molar-refractivity contribution in [1.82, 2.24) is 4.90 Å². The van der Waals surface area contributed by atoms with E-state index in [9.17, 15) is 9.18 Å². The highest BCUT2D eigenvalue weighted by Crippen LogP contribution is 2.20. The molecule has 5 nitrogen and oxygen atoms in total. The van der Waals surface area contributed by atoms with Gasteiger partial charge in [-0.1, -0.05) is 36.4 Å². The van der Waals surface area contributed by atoms with Gasteiger partial charge in [-0.05, 0) is 54.4 Å². The van der Waals surface area contributed by atoms with Gasteiger partial charge in [0.2, 0.25) is 0 Å². The molecule has 0 N–H and O–H groups in total. The normalized spacial score (nSPS) is 10.4. The van der Waals surface area contributed by atoms with Gasteiger partial charge in [-0.15, -0.1) is 0 Å². The predicted octanol–water partition coefficient (Wildman–Crippen LogP) is 4.84. The summed E-state index contributed by atoms with van der Waals surface area (Å²) in [5, 5.41) is 0. The van der Waals surface area contributed by atoms with Crippen LogP contribution in [0.4, 0.5) is 4.39 Å². The fourth-order valence-corrected chi connectivity index (χ4v) is 3.01. The lowest BCUT2D eigenvalue weighted by atomic mass is 10.2. The SMILES string of the molecule is CCN(Cc1ccc(OC)c(F)c1)C(=O)COc1ccc(OCc2ccccc2)cc1. The second kappa shape index (κ2) is 11.0. The van der Waals surface area contributed by atoms with E-state index >= 15 is 0 Å². The van der Waals surface area contributed by atoms with Crippen molar-refractivity contribution in [3.05, 3.63) is 89.7 Å². The zero-order valence-corrected chi connectivity index (χ0v) is 17.7. The van der Waals surface area contributed by atoms with Crippen LogP contribution in [0.5, 0.6) is 17.2 Å². The highest BCUT2D eigenvalue weighted by atomic mass is 19.1. The number of nitrogens with zero attached hydrogens (tertiary/aromatic N) is 1. The number of likely N-dealkylation sites (N-methyl/N-ethyl adjacent to an activating group) is 1. The number of rotatable bonds is 10. The Labute approximate surface area is 182 Å². The molecule has 0 aliphatic rings. The third-order valence-corrected chi connectivity index (χ3v) is 4.76. The van der Waals surface area contributed by atoms with E-state index in [1.165, 1.54) is 13.2 Å². The number of methoxy groups -OCH3 is 1. The molecule has 0 radical (unpaired) electrons. The third kappa shape index (κ3) is 6.47. The van der Waals surface area contributed by atoms with Crippen LogP contribution in [0.15, 0.2) is 72.8 Å². The second-order valence-corrected chi connectivity index (χ2v) is 6.91. The molecule has 0 aliphatic heterocycles. The van der Waals surface area contributed by atoms with Crippen molar-refractivity contribution in [1.29, 1.82) is 0 Å². The molecule has 3 aromatic rings. The molecule has 0 aromatic heterocycles. The van der Waals surface area contributed by atoms with Crippen molar-refractivity contribution in [2.24, 2.45) is 0 Å². The van der Waals surface area contributed by atoms with Gasteiger partial charge in [0, 0.05) is 13.1 Å². The van der Waals surface area contributed by atoms with E-state index in [2.05, 4.69) is 0 Å². The lowest BCUT2D eigenvalue weighted by molar-refractivity contribution is -0.133. The molecule has 0 bridgehead atoms. The first-order valence-corrected chi connectivity index (χ1v) is 10.1. The van der Waals surface area contributed by atoms with Crippen molar-refractivity contribution in [2.45, 2.75) is 20.1 Å². The number of halogens is 1. The molecule has 0 unspecified atom stereocenters. The zero-order valence-electron chi connectivity index (χ0n) is 17.7. The topological polar surface area (TPSA) is 48.0 Å². The molecule has 0 fully saturated rings. The van der Waals surface area contributed by atoms with Gasteiger partial charge in [-0.3, -0.25) is 4.79 Å². The van der Waals surface area contributed by atoms with E-state index in [0.29, 0.717) is 31.0 Å². The lowest BCUT2D eigenvalue weighted by Crippen LogP contribution is -2.34. The molecular weight excluding hydrogens is 397 g/mol. The molecule has 162 valence electrons. The van der Waals surface area contributed by atoms with Crippen LogP contribution in [0.1, 0.15) is 18.1 Å². The molecule has 0 spiro atoms. The monoisotopic (exact) mass is 423 g/mol. The fourth-order valence-electron chi connectivity index (χ4n) is 3.01. The third-order valence-electron chi connectivity index (χ3n) is 4.76. The molecule has 0 saturated carbocycles. The van der Waals surface area contributed by atoms with Crippen molar-refractivity contribution in [3.8, 4) is 17.2 Å². The van der Waals surface area contributed by atoms with Crippen LogP contribution < -0.4 is 14.2 Å². The number of ether oxygens (including phenoxy) is 3. The Balaban J connectivity index is 1.49. The zero-order chi connectivity index (χ0) is 22.1. The molecule has 3 rings (SSSR count). The average molecular weight is 423 g/mol. The fraction of sp³-hybridized carbons (Fsp3) is 0.240. The first-order valence-electron chi connectivity index (χ1n) is 10.1. The van der Waals surface area contributed by atoms with Crippen LogP contribution in [0.2, 0.25) is 0 Å². The Kier molecular flexibility index (Phi) is 7.87. The first-order chi connectivity index (χ1) is 15.1. The van der Waals surface area contributed by atoms with E-state index in [-0.39, 0.29) is 18.3 Å². The van der Waals surface area contributed by atoms with Crippen molar-refractivity contribution in [2.75, 3.05) is 20.3 Å². The second-order valence-electron chi connectivity index (χ2n) is 6.91. The summed E-state index contributed by atoms with van der Waals surface area (Å²) < 4.78 is 30.2. The average Bonchev–Trinajstić information content (AvgIpc) is 2.81. The van der Waals surface area contributed by atoms with Crippen LogP contribution >= 0.6 is 0 Å². The Morgan fingerprint density at radius 2 is 1.58 bits per heavy atom. The molecule has 31 heavy (non-hydrogen) atoms. The van der Waals surface area contributed by atoms with Crippen molar-refractivity contribution in [3.63, 3.8) is 0 Å². The van der Waals surface area contributed by atoms with E-state index < -0.39 is 5.82 Å². The maximum absolute atomic E-state index is 13.9. The summed E-state index contributed by atoms with van der Waals surface area (Å²) in [4.78, 5) is 14.2. The maximum Gasteiger partial charge on any atom is 0.260 e. The minimum Gasteiger partial charge on any atom is -0.494 e. The van der Waals surface area contributed by atoms with E-state index in [0.717, 1.165) is 11.3 Å². The van der Waals surface area contributed by atoms with Gasteiger partial charge < -0.3 is 19.1 Å². The summed E-state index contributed by atoms with van der Waals surface area (Å²) in [6.07, 6.45) is 0.